The Balaban J connectivity index is 2.03. The largest absolute Gasteiger partial charge is 0.379 e. The molecule has 102 valence electrons. The normalized spacial score (nSPS) is 19.8. The first kappa shape index (κ1) is 11.8. The highest BCUT2D eigenvalue weighted by Gasteiger charge is 2.22. The van der Waals surface area contributed by atoms with Crippen LogP contribution in [0.5, 0.6) is 0 Å². The molecule has 1 aliphatic rings. The Bertz CT molecular complexity index is 774. The molecule has 1 atom stereocenters. The summed E-state index contributed by atoms with van der Waals surface area (Å²) in [6, 6.07) is 8.45. The van der Waals surface area contributed by atoms with E-state index in [4.69, 9.17) is 4.74 Å². The minimum atomic E-state index is 0.348. The number of fused-ring (bicyclic) bond motifs is 3. The maximum absolute atomic E-state index is 5.64. The molecule has 0 amide bonds. The third kappa shape index (κ3) is 1.70. The molecule has 2 aromatic heterocycles. The first-order chi connectivity index (χ1) is 9.84. The molecule has 0 radical (unpaired) electrons. The van der Waals surface area contributed by atoms with E-state index < -0.39 is 0 Å². The summed E-state index contributed by atoms with van der Waals surface area (Å²) in [6.45, 7) is 3.65. The van der Waals surface area contributed by atoms with Crippen LogP contribution in [0.2, 0.25) is 0 Å². The molecule has 0 saturated carbocycles. The number of benzene rings is 1. The van der Waals surface area contributed by atoms with Gasteiger partial charge in [0.1, 0.15) is 5.82 Å². The second-order valence-electron chi connectivity index (χ2n) is 5.29. The second kappa shape index (κ2) is 4.52. The molecule has 1 fully saturated rings. The lowest BCUT2D eigenvalue weighted by Gasteiger charge is -2.25. The molecule has 0 unspecified atom stereocenters. The molecule has 5 nitrogen and oxygen atoms in total. The molecule has 0 spiro atoms. The lowest BCUT2D eigenvalue weighted by atomic mass is 10.1. The van der Waals surface area contributed by atoms with Gasteiger partial charge in [-0.25, -0.2) is 4.98 Å². The van der Waals surface area contributed by atoms with Crippen molar-refractivity contribution in [1.82, 2.24) is 19.7 Å². The van der Waals surface area contributed by atoms with Gasteiger partial charge in [0.15, 0.2) is 0 Å². The predicted octanol–water partition coefficient (Wildman–Crippen LogP) is 2.64. The van der Waals surface area contributed by atoms with Crippen LogP contribution in [0.1, 0.15) is 24.7 Å². The zero-order chi connectivity index (χ0) is 13.5. The Labute approximate surface area is 116 Å². The van der Waals surface area contributed by atoms with Gasteiger partial charge < -0.3 is 9.30 Å². The molecule has 3 aromatic rings. The molecule has 1 saturated heterocycles. The standard InChI is InChI=1S/C15H16N4O/c1-10-16-15-14(19(10)11-5-4-8-20-9-11)12-6-2-3-7-13(12)17-18-15/h2-3,6-7,11H,4-5,8-9H2,1H3/t11-/m0/s1. The number of hydrogen-bond donors (Lipinski definition) is 0. The number of rotatable bonds is 1. The van der Waals surface area contributed by atoms with Crippen LogP contribution >= 0.6 is 0 Å². The van der Waals surface area contributed by atoms with Crippen molar-refractivity contribution in [3.63, 3.8) is 0 Å². The van der Waals surface area contributed by atoms with Gasteiger partial charge in [0.2, 0.25) is 5.65 Å². The maximum atomic E-state index is 5.64. The van der Waals surface area contributed by atoms with E-state index in [9.17, 15) is 0 Å². The van der Waals surface area contributed by atoms with Gasteiger partial charge >= 0.3 is 0 Å². The van der Waals surface area contributed by atoms with Gasteiger partial charge in [0.05, 0.1) is 23.7 Å². The van der Waals surface area contributed by atoms with Crippen molar-refractivity contribution in [1.29, 1.82) is 0 Å². The molecule has 0 N–H and O–H groups in total. The minimum Gasteiger partial charge on any atom is -0.379 e. The third-order valence-corrected chi connectivity index (χ3v) is 3.98. The average molecular weight is 268 g/mol. The van der Waals surface area contributed by atoms with Crippen LogP contribution in [-0.2, 0) is 4.74 Å². The summed E-state index contributed by atoms with van der Waals surface area (Å²) in [5.74, 6) is 0.987. The molecule has 3 heterocycles. The topological polar surface area (TPSA) is 52.8 Å². The summed E-state index contributed by atoms with van der Waals surface area (Å²) in [6.07, 6.45) is 2.23. The number of nitrogens with zero attached hydrogens (tertiary/aromatic N) is 4. The Morgan fingerprint density at radius 2 is 2.15 bits per heavy atom. The highest BCUT2D eigenvalue weighted by Crippen LogP contribution is 2.29. The zero-order valence-electron chi connectivity index (χ0n) is 11.4. The molecule has 0 bridgehead atoms. The molecule has 5 heteroatoms. The monoisotopic (exact) mass is 268 g/mol. The minimum absolute atomic E-state index is 0.348. The highest BCUT2D eigenvalue weighted by molar-refractivity contribution is 6.00. The summed E-state index contributed by atoms with van der Waals surface area (Å²) in [4.78, 5) is 4.57. The van der Waals surface area contributed by atoms with Gasteiger partial charge in [0, 0.05) is 12.0 Å². The Morgan fingerprint density at radius 1 is 1.25 bits per heavy atom. The van der Waals surface area contributed by atoms with E-state index in [2.05, 4.69) is 25.8 Å². The Morgan fingerprint density at radius 3 is 3.00 bits per heavy atom. The fraction of sp³-hybridized carbons (Fsp3) is 0.400. The quantitative estimate of drug-likeness (QED) is 0.681. The molecule has 1 aliphatic heterocycles. The van der Waals surface area contributed by atoms with E-state index in [1.54, 1.807) is 0 Å². The lowest BCUT2D eigenvalue weighted by Crippen LogP contribution is -2.22. The van der Waals surface area contributed by atoms with Gasteiger partial charge in [-0.05, 0) is 25.8 Å². The summed E-state index contributed by atoms with van der Waals surface area (Å²) in [7, 11) is 0. The summed E-state index contributed by atoms with van der Waals surface area (Å²) < 4.78 is 7.92. The lowest BCUT2D eigenvalue weighted by molar-refractivity contribution is 0.0599. The van der Waals surface area contributed by atoms with Crippen molar-refractivity contribution in [2.24, 2.45) is 0 Å². The van der Waals surface area contributed by atoms with E-state index in [0.29, 0.717) is 6.04 Å². The Kier molecular flexibility index (Phi) is 2.67. The second-order valence-corrected chi connectivity index (χ2v) is 5.29. The van der Waals surface area contributed by atoms with Gasteiger partial charge in [-0.1, -0.05) is 18.2 Å². The van der Waals surface area contributed by atoms with Crippen LogP contribution in [0.3, 0.4) is 0 Å². The van der Waals surface area contributed by atoms with E-state index in [0.717, 1.165) is 53.9 Å². The first-order valence-corrected chi connectivity index (χ1v) is 7.02. The smallest absolute Gasteiger partial charge is 0.200 e. The zero-order valence-corrected chi connectivity index (χ0v) is 11.4. The number of aromatic nitrogens is 4. The van der Waals surface area contributed by atoms with Gasteiger partial charge in [-0.3, -0.25) is 0 Å². The Hall–Kier alpha value is -2.01. The van der Waals surface area contributed by atoms with E-state index >= 15 is 0 Å². The molecular weight excluding hydrogens is 252 g/mol. The third-order valence-electron chi connectivity index (χ3n) is 3.98. The van der Waals surface area contributed by atoms with Crippen LogP contribution in [0, 0.1) is 6.92 Å². The molecule has 0 aliphatic carbocycles. The van der Waals surface area contributed by atoms with Crippen molar-refractivity contribution in [3.8, 4) is 0 Å². The van der Waals surface area contributed by atoms with Gasteiger partial charge in [-0.2, -0.15) is 0 Å². The average Bonchev–Trinajstić information content (AvgIpc) is 2.84. The van der Waals surface area contributed by atoms with Crippen LogP contribution in [-0.4, -0.2) is 33.0 Å². The van der Waals surface area contributed by atoms with Crippen LogP contribution in [0.4, 0.5) is 0 Å². The molecular formula is C15H16N4O. The predicted molar refractivity (Wildman–Crippen MR) is 76.7 cm³/mol. The fourth-order valence-electron chi connectivity index (χ4n) is 3.09. The number of imidazole rings is 1. The van der Waals surface area contributed by atoms with Crippen molar-refractivity contribution >= 4 is 22.1 Å². The van der Waals surface area contributed by atoms with Crippen LogP contribution < -0.4 is 0 Å². The van der Waals surface area contributed by atoms with E-state index in [-0.39, 0.29) is 0 Å². The maximum Gasteiger partial charge on any atom is 0.200 e. The van der Waals surface area contributed by atoms with Crippen molar-refractivity contribution in [3.05, 3.63) is 30.1 Å². The molecule has 1 aromatic carbocycles. The summed E-state index contributed by atoms with van der Waals surface area (Å²) in [5, 5.41) is 9.63. The fourth-order valence-corrected chi connectivity index (χ4v) is 3.09. The van der Waals surface area contributed by atoms with E-state index in [1.807, 2.05) is 25.1 Å². The van der Waals surface area contributed by atoms with Crippen LogP contribution in [0.15, 0.2) is 24.3 Å². The van der Waals surface area contributed by atoms with Crippen molar-refractivity contribution in [2.45, 2.75) is 25.8 Å². The summed E-state index contributed by atoms with van der Waals surface area (Å²) in [5.41, 5.74) is 2.73. The van der Waals surface area contributed by atoms with Gasteiger partial charge in [0.25, 0.3) is 0 Å². The van der Waals surface area contributed by atoms with E-state index in [1.165, 1.54) is 0 Å². The first-order valence-electron chi connectivity index (χ1n) is 7.02. The number of hydrogen-bond acceptors (Lipinski definition) is 4. The molecule has 4 rings (SSSR count). The van der Waals surface area contributed by atoms with Crippen LogP contribution in [0.25, 0.3) is 22.1 Å². The molecule has 20 heavy (non-hydrogen) atoms. The number of aryl methyl sites for hydroxylation is 1. The van der Waals surface area contributed by atoms with Gasteiger partial charge in [-0.15, -0.1) is 10.2 Å². The SMILES string of the molecule is Cc1nc2nnc3ccccc3c2n1[C@H]1CCCOC1. The summed E-state index contributed by atoms with van der Waals surface area (Å²) >= 11 is 0. The van der Waals surface area contributed by atoms with Crippen molar-refractivity contribution < 1.29 is 4.74 Å². The number of ether oxygens (including phenoxy) is 1. The highest BCUT2D eigenvalue weighted by atomic mass is 16.5. The van der Waals surface area contributed by atoms with Crippen molar-refractivity contribution in [2.75, 3.05) is 13.2 Å².